The number of aromatic nitrogens is 2. The van der Waals surface area contributed by atoms with Gasteiger partial charge in [-0.3, -0.25) is 4.68 Å². The summed E-state index contributed by atoms with van der Waals surface area (Å²) in [5.74, 6) is 0. The first kappa shape index (κ1) is 13.2. The van der Waals surface area contributed by atoms with Gasteiger partial charge < -0.3 is 10.1 Å². The molecular weight excluding hydrogens is 202 g/mol. The molecular formula is C12H23N3O. The lowest BCUT2D eigenvalue weighted by atomic mass is 10.1. The fraction of sp³-hybridized carbons (Fsp3) is 0.750. The Bertz CT molecular complexity index is 298. The van der Waals surface area contributed by atoms with Gasteiger partial charge in [-0.15, -0.1) is 0 Å². The van der Waals surface area contributed by atoms with Crippen LogP contribution in [0, 0.1) is 0 Å². The van der Waals surface area contributed by atoms with E-state index in [0.717, 1.165) is 19.5 Å². The van der Waals surface area contributed by atoms with Gasteiger partial charge in [0, 0.05) is 24.9 Å². The molecule has 4 heteroatoms. The third kappa shape index (κ3) is 3.61. The van der Waals surface area contributed by atoms with Gasteiger partial charge in [-0.1, -0.05) is 13.8 Å². The van der Waals surface area contributed by atoms with E-state index < -0.39 is 0 Å². The largest absolute Gasteiger partial charge is 0.380 e. The second-order valence-corrected chi connectivity index (χ2v) is 4.06. The molecule has 0 radical (unpaired) electrons. The zero-order valence-corrected chi connectivity index (χ0v) is 10.7. The third-order valence-corrected chi connectivity index (χ3v) is 2.76. The minimum Gasteiger partial charge on any atom is -0.380 e. The maximum atomic E-state index is 5.22. The molecule has 0 aromatic carbocycles. The number of nitrogens with zero attached hydrogens (tertiary/aromatic N) is 2. The van der Waals surface area contributed by atoms with Crippen LogP contribution in [0.3, 0.4) is 0 Å². The summed E-state index contributed by atoms with van der Waals surface area (Å²) in [6.07, 6.45) is 5.33. The highest BCUT2D eigenvalue weighted by molar-refractivity contribution is 5.10. The molecule has 1 aromatic rings. The zero-order chi connectivity index (χ0) is 12.0. The van der Waals surface area contributed by atoms with Crippen LogP contribution in [0.5, 0.6) is 0 Å². The van der Waals surface area contributed by atoms with Crippen LogP contribution in [-0.2, 0) is 11.3 Å². The van der Waals surface area contributed by atoms with Gasteiger partial charge in [0.05, 0.1) is 18.8 Å². The van der Waals surface area contributed by atoms with Gasteiger partial charge >= 0.3 is 0 Å². The zero-order valence-electron chi connectivity index (χ0n) is 10.7. The number of hydrogen-bond donors (Lipinski definition) is 1. The van der Waals surface area contributed by atoms with Crippen LogP contribution in [0.4, 0.5) is 0 Å². The molecule has 1 heterocycles. The lowest BCUT2D eigenvalue weighted by Gasteiger charge is -2.13. The van der Waals surface area contributed by atoms with Crippen LogP contribution in [-0.4, -0.2) is 29.5 Å². The van der Waals surface area contributed by atoms with Crippen molar-refractivity contribution in [1.82, 2.24) is 15.1 Å². The van der Waals surface area contributed by atoms with Gasteiger partial charge in [0.2, 0.25) is 0 Å². The van der Waals surface area contributed by atoms with Gasteiger partial charge in [0.15, 0.2) is 0 Å². The van der Waals surface area contributed by atoms with E-state index in [1.807, 2.05) is 17.8 Å². The topological polar surface area (TPSA) is 39.1 Å². The Morgan fingerprint density at radius 1 is 1.50 bits per heavy atom. The van der Waals surface area contributed by atoms with Crippen molar-refractivity contribution in [2.45, 2.75) is 45.9 Å². The number of hydrogen-bond acceptors (Lipinski definition) is 3. The van der Waals surface area contributed by atoms with Crippen LogP contribution in [0.15, 0.2) is 12.4 Å². The predicted molar refractivity (Wildman–Crippen MR) is 65.4 cm³/mol. The van der Waals surface area contributed by atoms with Crippen LogP contribution >= 0.6 is 0 Å². The van der Waals surface area contributed by atoms with Crippen LogP contribution in [0.2, 0.25) is 0 Å². The summed E-state index contributed by atoms with van der Waals surface area (Å²) < 4.78 is 7.17. The van der Waals surface area contributed by atoms with Crippen LogP contribution < -0.4 is 5.32 Å². The Morgan fingerprint density at radius 3 is 2.81 bits per heavy atom. The molecule has 2 atom stereocenters. The van der Waals surface area contributed by atoms with E-state index in [1.165, 1.54) is 5.56 Å². The normalized spacial score (nSPS) is 15.0. The molecule has 0 bridgehead atoms. The average molecular weight is 225 g/mol. The van der Waals surface area contributed by atoms with E-state index >= 15 is 0 Å². The van der Waals surface area contributed by atoms with Crippen molar-refractivity contribution in [2.75, 3.05) is 13.7 Å². The molecule has 0 spiro atoms. The molecule has 1 rings (SSSR count). The SMILES string of the molecule is CCNC(CC)c1cnn(CC(C)OC)c1. The lowest BCUT2D eigenvalue weighted by molar-refractivity contribution is 0.0998. The highest BCUT2D eigenvalue weighted by atomic mass is 16.5. The lowest BCUT2D eigenvalue weighted by Crippen LogP contribution is -2.19. The summed E-state index contributed by atoms with van der Waals surface area (Å²) in [7, 11) is 1.72. The maximum Gasteiger partial charge on any atom is 0.0739 e. The fourth-order valence-corrected chi connectivity index (χ4v) is 1.74. The summed E-state index contributed by atoms with van der Waals surface area (Å²) in [6, 6.07) is 0.414. The van der Waals surface area contributed by atoms with E-state index in [4.69, 9.17) is 4.74 Å². The molecule has 0 amide bonds. The minimum absolute atomic E-state index is 0.201. The summed E-state index contributed by atoms with van der Waals surface area (Å²) in [5, 5.41) is 7.80. The smallest absolute Gasteiger partial charge is 0.0739 e. The first-order valence-corrected chi connectivity index (χ1v) is 5.99. The Hall–Kier alpha value is -0.870. The number of ether oxygens (including phenoxy) is 1. The summed E-state index contributed by atoms with van der Waals surface area (Å²) in [5.41, 5.74) is 1.26. The van der Waals surface area contributed by atoms with E-state index in [-0.39, 0.29) is 6.10 Å². The van der Waals surface area contributed by atoms with Crippen molar-refractivity contribution >= 4 is 0 Å². The van der Waals surface area contributed by atoms with Gasteiger partial charge in [0.1, 0.15) is 0 Å². The van der Waals surface area contributed by atoms with Crippen molar-refractivity contribution in [2.24, 2.45) is 0 Å². The Morgan fingerprint density at radius 2 is 2.25 bits per heavy atom. The Kier molecular flexibility index (Phi) is 5.49. The van der Waals surface area contributed by atoms with Crippen molar-refractivity contribution < 1.29 is 4.74 Å². The van der Waals surface area contributed by atoms with Crippen molar-refractivity contribution in [3.63, 3.8) is 0 Å². The second-order valence-electron chi connectivity index (χ2n) is 4.06. The maximum absolute atomic E-state index is 5.22. The molecule has 1 N–H and O–H groups in total. The van der Waals surface area contributed by atoms with Crippen LogP contribution in [0.1, 0.15) is 38.8 Å². The number of nitrogens with one attached hydrogen (secondary N) is 1. The van der Waals surface area contributed by atoms with Crippen molar-refractivity contribution in [1.29, 1.82) is 0 Å². The highest BCUT2D eigenvalue weighted by Crippen LogP contribution is 2.15. The quantitative estimate of drug-likeness (QED) is 0.771. The molecule has 0 aliphatic rings. The van der Waals surface area contributed by atoms with Gasteiger partial charge in [-0.2, -0.15) is 5.10 Å². The molecule has 1 aromatic heterocycles. The van der Waals surface area contributed by atoms with Gasteiger partial charge in [0.25, 0.3) is 0 Å². The third-order valence-electron chi connectivity index (χ3n) is 2.76. The predicted octanol–water partition coefficient (Wildman–Crippen LogP) is 1.98. The summed E-state index contributed by atoms with van der Waals surface area (Å²) in [4.78, 5) is 0. The summed E-state index contributed by atoms with van der Waals surface area (Å²) >= 11 is 0. The molecule has 92 valence electrons. The summed E-state index contributed by atoms with van der Waals surface area (Å²) in [6.45, 7) is 8.14. The molecule has 0 aliphatic carbocycles. The minimum atomic E-state index is 0.201. The van der Waals surface area contributed by atoms with E-state index in [9.17, 15) is 0 Å². The molecule has 0 saturated carbocycles. The van der Waals surface area contributed by atoms with Crippen LogP contribution in [0.25, 0.3) is 0 Å². The molecule has 2 unspecified atom stereocenters. The van der Waals surface area contributed by atoms with Crippen molar-refractivity contribution in [3.8, 4) is 0 Å². The average Bonchev–Trinajstić information content (AvgIpc) is 2.74. The second kappa shape index (κ2) is 6.66. The first-order chi connectivity index (χ1) is 7.71. The molecule has 4 nitrogen and oxygen atoms in total. The Balaban J connectivity index is 2.62. The van der Waals surface area contributed by atoms with Crippen molar-refractivity contribution in [3.05, 3.63) is 18.0 Å². The number of rotatable bonds is 7. The molecule has 0 aliphatic heterocycles. The van der Waals surface area contributed by atoms with E-state index in [2.05, 4.69) is 30.5 Å². The Labute approximate surface area is 98.0 Å². The highest BCUT2D eigenvalue weighted by Gasteiger charge is 2.10. The molecule has 0 saturated heterocycles. The van der Waals surface area contributed by atoms with E-state index in [1.54, 1.807) is 7.11 Å². The molecule has 16 heavy (non-hydrogen) atoms. The van der Waals surface area contributed by atoms with E-state index in [0.29, 0.717) is 6.04 Å². The van der Waals surface area contributed by atoms with Gasteiger partial charge in [-0.05, 0) is 19.9 Å². The molecule has 0 fully saturated rings. The monoisotopic (exact) mass is 225 g/mol. The fourth-order valence-electron chi connectivity index (χ4n) is 1.74. The van der Waals surface area contributed by atoms with Gasteiger partial charge in [-0.25, -0.2) is 0 Å². The first-order valence-electron chi connectivity index (χ1n) is 5.99. The standard InChI is InChI=1S/C12H23N3O/c1-5-12(13-6-2)11-7-14-15(9-11)8-10(3)16-4/h7,9-10,12-13H,5-6,8H2,1-4H3. The number of methoxy groups -OCH3 is 1.